The zero-order chi connectivity index (χ0) is 20.5. The van der Waals surface area contributed by atoms with E-state index in [9.17, 15) is 0 Å². The van der Waals surface area contributed by atoms with Crippen molar-refractivity contribution in [3.05, 3.63) is 95.6 Å². The summed E-state index contributed by atoms with van der Waals surface area (Å²) < 4.78 is 7.57. The van der Waals surface area contributed by atoms with Crippen LogP contribution in [0, 0.1) is 6.92 Å². The summed E-state index contributed by atoms with van der Waals surface area (Å²) in [7, 11) is 1.68. The van der Waals surface area contributed by atoms with Gasteiger partial charge in [0.2, 0.25) is 0 Å². The molecule has 0 saturated carbocycles. The summed E-state index contributed by atoms with van der Waals surface area (Å²) >= 11 is 1.75. The van der Waals surface area contributed by atoms with Gasteiger partial charge in [0.1, 0.15) is 18.1 Å². The van der Waals surface area contributed by atoms with Gasteiger partial charge in [-0.25, -0.2) is 0 Å². The number of aryl methyl sites for hydroxylation is 1. The van der Waals surface area contributed by atoms with Gasteiger partial charge in [0.05, 0.1) is 18.5 Å². The number of ether oxygens (including phenoxy) is 1. The van der Waals surface area contributed by atoms with Crippen molar-refractivity contribution in [2.75, 3.05) is 7.11 Å². The van der Waals surface area contributed by atoms with Crippen LogP contribution in [0.25, 0.3) is 5.69 Å². The largest absolute Gasteiger partial charge is 0.497 e. The van der Waals surface area contributed by atoms with E-state index in [0.717, 1.165) is 39.9 Å². The van der Waals surface area contributed by atoms with E-state index in [1.165, 1.54) is 9.79 Å². The Labute approximate surface area is 179 Å². The van der Waals surface area contributed by atoms with Gasteiger partial charge in [0.25, 0.3) is 0 Å². The quantitative estimate of drug-likeness (QED) is 0.469. The Hall–Kier alpha value is -3.38. The molecule has 0 saturated heterocycles. The lowest BCUT2D eigenvalue weighted by atomic mass is 10.00. The minimum absolute atomic E-state index is 0.480. The molecule has 1 aromatic heterocycles. The van der Waals surface area contributed by atoms with Gasteiger partial charge in [-0.05, 0) is 49.4 Å². The summed E-state index contributed by atoms with van der Waals surface area (Å²) in [4.78, 5) is 7.32. The second kappa shape index (κ2) is 7.80. The summed E-state index contributed by atoms with van der Waals surface area (Å²) in [6.07, 6.45) is 0. The van der Waals surface area contributed by atoms with Crippen molar-refractivity contribution in [2.24, 2.45) is 4.99 Å². The molecule has 5 rings (SSSR count). The molecule has 0 N–H and O–H groups in total. The molecule has 0 aliphatic carbocycles. The number of fused-ring (bicyclic) bond motifs is 3. The molecule has 0 spiro atoms. The van der Waals surface area contributed by atoms with E-state index in [2.05, 4.69) is 69.4 Å². The highest BCUT2D eigenvalue weighted by Crippen LogP contribution is 2.31. The standard InChI is InChI=1S/C24H20N4OS/c1-16-26-27-23-15-25-24(21-14-18(29-2)10-13-22(21)28(16)23)17-8-11-20(12-9-17)30-19-6-4-3-5-7-19/h3-14H,15H2,1-2H3. The van der Waals surface area contributed by atoms with Gasteiger partial charge in [0, 0.05) is 20.9 Å². The van der Waals surface area contributed by atoms with Gasteiger partial charge in [-0.2, -0.15) is 0 Å². The molecule has 6 heteroatoms. The number of methoxy groups -OCH3 is 1. The monoisotopic (exact) mass is 412 g/mol. The fourth-order valence-corrected chi connectivity index (χ4v) is 4.47. The predicted octanol–water partition coefficient (Wildman–Crippen LogP) is 5.09. The fraction of sp³-hybridized carbons (Fsp3) is 0.125. The second-order valence-corrected chi connectivity index (χ2v) is 8.13. The van der Waals surface area contributed by atoms with Crippen LogP contribution in [0.4, 0.5) is 0 Å². The second-order valence-electron chi connectivity index (χ2n) is 6.99. The van der Waals surface area contributed by atoms with Crippen molar-refractivity contribution in [3.63, 3.8) is 0 Å². The maximum atomic E-state index is 5.49. The van der Waals surface area contributed by atoms with E-state index in [0.29, 0.717) is 6.54 Å². The Morgan fingerprint density at radius 3 is 2.43 bits per heavy atom. The molecule has 0 unspecified atom stereocenters. The number of hydrogen-bond donors (Lipinski definition) is 0. The van der Waals surface area contributed by atoms with Crippen molar-refractivity contribution >= 4 is 17.5 Å². The summed E-state index contributed by atoms with van der Waals surface area (Å²) in [5, 5.41) is 8.56. The lowest BCUT2D eigenvalue weighted by molar-refractivity contribution is 0.414. The first-order valence-corrected chi connectivity index (χ1v) is 10.5. The van der Waals surface area contributed by atoms with Crippen LogP contribution < -0.4 is 4.74 Å². The first kappa shape index (κ1) is 18.6. The van der Waals surface area contributed by atoms with E-state index >= 15 is 0 Å². The van der Waals surface area contributed by atoms with E-state index in [4.69, 9.17) is 9.73 Å². The molecule has 2 heterocycles. The van der Waals surface area contributed by atoms with Crippen LogP contribution >= 0.6 is 11.8 Å². The summed E-state index contributed by atoms with van der Waals surface area (Å²) in [6.45, 7) is 2.44. The zero-order valence-corrected chi connectivity index (χ0v) is 17.6. The number of rotatable bonds is 4. The van der Waals surface area contributed by atoms with Gasteiger partial charge < -0.3 is 4.74 Å². The molecule has 0 bridgehead atoms. The highest BCUT2D eigenvalue weighted by molar-refractivity contribution is 7.99. The Morgan fingerprint density at radius 1 is 0.900 bits per heavy atom. The first-order chi connectivity index (χ1) is 14.7. The third-order valence-electron chi connectivity index (χ3n) is 5.08. The maximum Gasteiger partial charge on any atom is 0.159 e. The lowest BCUT2D eigenvalue weighted by Crippen LogP contribution is -2.08. The van der Waals surface area contributed by atoms with Crippen LogP contribution in [-0.4, -0.2) is 27.6 Å². The molecule has 1 aliphatic rings. The minimum Gasteiger partial charge on any atom is -0.497 e. The van der Waals surface area contributed by atoms with Crippen molar-refractivity contribution < 1.29 is 4.74 Å². The van der Waals surface area contributed by atoms with Crippen LogP contribution in [0.2, 0.25) is 0 Å². The van der Waals surface area contributed by atoms with Gasteiger partial charge in [0.15, 0.2) is 5.82 Å². The number of aromatic nitrogens is 3. The number of benzene rings is 3. The third kappa shape index (κ3) is 3.39. The number of aliphatic imine (C=N–C) groups is 1. The van der Waals surface area contributed by atoms with Crippen molar-refractivity contribution in [1.29, 1.82) is 0 Å². The van der Waals surface area contributed by atoms with Crippen molar-refractivity contribution in [1.82, 2.24) is 14.8 Å². The Morgan fingerprint density at radius 2 is 1.67 bits per heavy atom. The zero-order valence-electron chi connectivity index (χ0n) is 16.7. The summed E-state index contributed by atoms with van der Waals surface area (Å²) in [5.41, 5.74) is 4.04. The number of nitrogens with zero attached hydrogens (tertiary/aromatic N) is 4. The van der Waals surface area contributed by atoms with Crippen LogP contribution in [0.15, 0.2) is 87.6 Å². The molecule has 30 heavy (non-hydrogen) atoms. The topological polar surface area (TPSA) is 52.3 Å². The Kier molecular flexibility index (Phi) is 4.85. The lowest BCUT2D eigenvalue weighted by Gasteiger charge is -2.14. The van der Waals surface area contributed by atoms with E-state index in [1.807, 2.05) is 25.1 Å². The van der Waals surface area contributed by atoms with Crippen LogP contribution in [0.5, 0.6) is 5.75 Å². The highest BCUT2D eigenvalue weighted by Gasteiger charge is 2.22. The molecule has 1 aliphatic heterocycles. The molecule has 0 atom stereocenters. The van der Waals surface area contributed by atoms with E-state index in [-0.39, 0.29) is 0 Å². The summed E-state index contributed by atoms with van der Waals surface area (Å²) in [6, 6.07) is 25.0. The summed E-state index contributed by atoms with van der Waals surface area (Å²) in [5.74, 6) is 2.49. The molecule has 5 nitrogen and oxygen atoms in total. The Bertz CT molecular complexity index is 1230. The van der Waals surface area contributed by atoms with E-state index < -0.39 is 0 Å². The first-order valence-electron chi connectivity index (χ1n) is 9.70. The molecule has 0 amide bonds. The molecular weight excluding hydrogens is 392 g/mol. The normalized spacial score (nSPS) is 12.5. The van der Waals surface area contributed by atoms with Crippen LogP contribution in [0.1, 0.15) is 22.8 Å². The molecule has 0 fully saturated rings. The van der Waals surface area contributed by atoms with Gasteiger partial charge in [-0.3, -0.25) is 9.56 Å². The molecule has 3 aromatic carbocycles. The molecule has 4 aromatic rings. The smallest absolute Gasteiger partial charge is 0.159 e. The fourth-order valence-electron chi connectivity index (χ4n) is 3.64. The van der Waals surface area contributed by atoms with Crippen LogP contribution in [-0.2, 0) is 6.54 Å². The average Bonchev–Trinajstić information content (AvgIpc) is 3.07. The van der Waals surface area contributed by atoms with Crippen LogP contribution in [0.3, 0.4) is 0 Å². The SMILES string of the molecule is COc1ccc2c(c1)C(c1ccc(Sc3ccccc3)cc1)=NCc1nnc(C)n1-2. The third-order valence-corrected chi connectivity index (χ3v) is 6.09. The molecular formula is C24H20N4OS. The highest BCUT2D eigenvalue weighted by atomic mass is 32.2. The van der Waals surface area contributed by atoms with E-state index in [1.54, 1.807) is 18.9 Å². The van der Waals surface area contributed by atoms with Gasteiger partial charge in [-0.15, -0.1) is 10.2 Å². The Balaban J connectivity index is 1.55. The van der Waals surface area contributed by atoms with Gasteiger partial charge in [-0.1, -0.05) is 42.1 Å². The average molecular weight is 413 g/mol. The maximum absolute atomic E-state index is 5.49. The van der Waals surface area contributed by atoms with Crippen molar-refractivity contribution in [3.8, 4) is 11.4 Å². The van der Waals surface area contributed by atoms with Crippen molar-refractivity contribution in [2.45, 2.75) is 23.3 Å². The van der Waals surface area contributed by atoms with Gasteiger partial charge >= 0.3 is 0 Å². The molecule has 148 valence electrons. The minimum atomic E-state index is 0.480. The molecule has 0 radical (unpaired) electrons. The predicted molar refractivity (Wildman–Crippen MR) is 119 cm³/mol. The number of hydrogen-bond acceptors (Lipinski definition) is 5.